The van der Waals surface area contributed by atoms with Crippen molar-refractivity contribution in [2.24, 2.45) is 10.9 Å². The number of rotatable bonds is 8. The van der Waals surface area contributed by atoms with Crippen LogP contribution in [0.3, 0.4) is 0 Å². The summed E-state index contributed by atoms with van der Waals surface area (Å²) < 4.78 is 0. The highest BCUT2D eigenvalue weighted by atomic mass is 15.2. The molecular formula is C18H39N5. The Morgan fingerprint density at radius 1 is 1.09 bits per heavy atom. The average Bonchev–Trinajstić information content (AvgIpc) is 2.50. The predicted octanol–water partition coefficient (Wildman–Crippen LogP) is 2.00. The first kappa shape index (κ1) is 20.2. The molecule has 1 saturated heterocycles. The number of piperidine rings is 1. The smallest absolute Gasteiger partial charge is 0.191 e. The number of guanidine groups is 1. The molecule has 0 saturated carbocycles. The van der Waals surface area contributed by atoms with Crippen LogP contribution in [0, 0.1) is 5.92 Å². The highest BCUT2D eigenvalue weighted by molar-refractivity contribution is 5.79. The van der Waals surface area contributed by atoms with Gasteiger partial charge in [0.1, 0.15) is 0 Å². The van der Waals surface area contributed by atoms with E-state index in [0.29, 0.717) is 12.1 Å². The van der Waals surface area contributed by atoms with E-state index in [1.54, 1.807) is 0 Å². The average molecular weight is 326 g/mol. The number of aliphatic imine (C=N–C) groups is 1. The molecule has 0 aromatic rings. The predicted molar refractivity (Wildman–Crippen MR) is 101 cm³/mol. The van der Waals surface area contributed by atoms with Crippen LogP contribution < -0.4 is 10.6 Å². The van der Waals surface area contributed by atoms with Gasteiger partial charge in [-0.25, -0.2) is 0 Å². The standard InChI is InChI=1S/C18H39N5/c1-15(2)23(16(3)4)14-11-21-18(19-5)20-10-7-17-8-12-22(6)13-9-17/h15-17H,7-14H2,1-6H3,(H2,19,20,21). The van der Waals surface area contributed by atoms with E-state index in [9.17, 15) is 0 Å². The van der Waals surface area contributed by atoms with Gasteiger partial charge in [0.2, 0.25) is 0 Å². The summed E-state index contributed by atoms with van der Waals surface area (Å²) in [5, 5.41) is 6.91. The molecular weight excluding hydrogens is 286 g/mol. The first-order valence-electron chi connectivity index (χ1n) is 9.32. The van der Waals surface area contributed by atoms with Crippen molar-refractivity contribution in [1.29, 1.82) is 0 Å². The van der Waals surface area contributed by atoms with E-state index in [4.69, 9.17) is 0 Å². The summed E-state index contributed by atoms with van der Waals surface area (Å²) >= 11 is 0. The molecule has 1 aliphatic rings. The van der Waals surface area contributed by atoms with E-state index in [1.807, 2.05) is 7.05 Å². The second-order valence-corrected chi connectivity index (χ2v) is 7.39. The Morgan fingerprint density at radius 3 is 2.17 bits per heavy atom. The molecule has 2 N–H and O–H groups in total. The molecule has 1 fully saturated rings. The maximum absolute atomic E-state index is 4.34. The van der Waals surface area contributed by atoms with Crippen LogP contribution >= 0.6 is 0 Å². The molecule has 1 aliphatic heterocycles. The summed E-state index contributed by atoms with van der Waals surface area (Å²) in [6, 6.07) is 1.16. The molecule has 0 aromatic carbocycles. The van der Waals surface area contributed by atoms with Crippen molar-refractivity contribution in [2.45, 2.75) is 59.0 Å². The van der Waals surface area contributed by atoms with Gasteiger partial charge >= 0.3 is 0 Å². The van der Waals surface area contributed by atoms with Crippen LogP contribution in [0.2, 0.25) is 0 Å². The SMILES string of the molecule is CN=C(NCCC1CCN(C)CC1)NCCN(C(C)C)C(C)C. The first-order chi connectivity index (χ1) is 10.9. The molecule has 136 valence electrons. The first-order valence-corrected chi connectivity index (χ1v) is 9.32. The number of hydrogen-bond donors (Lipinski definition) is 2. The third kappa shape index (κ3) is 8.02. The minimum atomic E-state index is 0.580. The quantitative estimate of drug-likeness (QED) is 0.529. The fourth-order valence-electron chi connectivity index (χ4n) is 3.38. The molecule has 0 radical (unpaired) electrons. The van der Waals surface area contributed by atoms with E-state index in [-0.39, 0.29) is 0 Å². The Bertz CT molecular complexity index is 324. The molecule has 1 rings (SSSR count). The zero-order chi connectivity index (χ0) is 17.2. The van der Waals surface area contributed by atoms with E-state index in [0.717, 1.165) is 31.5 Å². The van der Waals surface area contributed by atoms with Crippen molar-refractivity contribution in [3.05, 3.63) is 0 Å². The Morgan fingerprint density at radius 2 is 1.65 bits per heavy atom. The van der Waals surface area contributed by atoms with Gasteiger partial charge in [-0.3, -0.25) is 9.89 Å². The number of hydrogen-bond acceptors (Lipinski definition) is 3. The van der Waals surface area contributed by atoms with Gasteiger partial charge in [-0.15, -0.1) is 0 Å². The zero-order valence-corrected chi connectivity index (χ0v) is 16.2. The second kappa shape index (κ2) is 10.9. The second-order valence-electron chi connectivity index (χ2n) is 7.39. The summed E-state index contributed by atoms with van der Waals surface area (Å²) in [7, 11) is 4.07. The molecule has 0 aliphatic carbocycles. The van der Waals surface area contributed by atoms with Crippen molar-refractivity contribution in [3.63, 3.8) is 0 Å². The Labute approximate surface area is 143 Å². The molecule has 5 nitrogen and oxygen atoms in total. The van der Waals surface area contributed by atoms with Crippen molar-refractivity contribution in [1.82, 2.24) is 20.4 Å². The highest BCUT2D eigenvalue weighted by Crippen LogP contribution is 2.18. The lowest BCUT2D eigenvalue weighted by Gasteiger charge is -2.31. The third-order valence-corrected chi connectivity index (χ3v) is 4.90. The highest BCUT2D eigenvalue weighted by Gasteiger charge is 2.16. The summed E-state index contributed by atoms with van der Waals surface area (Å²) in [6.07, 6.45) is 3.92. The van der Waals surface area contributed by atoms with E-state index in [2.05, 4.69) is 60.2 Å². The van der Waals surface area contributed by atoms with Gasteiger partial charge in [-0.05, 0) is 73.0 Å². The monoisotopic (exact) mass is 325 g/mol. The van der Waals surface area contributed by atoms with Crippen molar-refractivity contribution in [3.8, 4) is 0 Å². The van der Waals surface area contributed by atoms with Gasteiger partial charge in [0.25, 0.3) is 0 Å². The summed E-state index contributed by atoms with van der Waals surface area (Å²) in [5.74, 6) is 1.81. The lowest BCUT2D eigenvalue weighted by atomic mass is 9.94. The molecule has 5 heteroatoms. The van der Waals surface area contributed by atoms with Crippen LogP contribution in [0.25, 0.3) is 0 Å². The number of nitrogens with one attached hydrogen (secondary N) is 2. The molecule has 1 heterocycles. The molecule has 0 aromatic heterocycles. The lowest BCUT2D eigenvalue weighted by molar-refractivity contribution is 0.178. The van der Waals surface area contributed by atoms with E-state index in [1.165, 1.54) is 32.4 Å². The summed E-state index contributed by atoms with van der Waals surface area (Å²) in [5.41, 5.74) is 0. The number of nitrogens with zero attached hydrogens (tertiary/aromatic N) is 3. The van der Waals surface area contributed by atoms with Crippen molar-refractivity contribution < 1.29 is 0 Å². The van der Waals surface area contributed by atoms with Gasteiger partial charge in [0.05, 0.1) is 0 Å². The maximum atomic E-state index is 4.34. The lowest BCUT2D eigenvalue weighted by Crippen LogP contribution is -2.45. The summed E-state index contributed by atoms with van der Waals surface area (Å²) in [4.78, 5) is 9.27. The molecule has 0 bridgehead atoms. The minimum Gasteiger partial charge on any atom is -0.356 e. The zero-order valence-electron chi connectivity index (χ0n) is 16.2. The van der Waals surface area contributed by atoms with Crippen LogP contribution in [0.15, 0.2) is 4.99 Å². The molecule has 0 unspecified atom stereocenters. The van der Waals surface area contributed by atoms with Gasteiger partial charge in [-0.1, -0.05) is 0 Å². The van der Waals surface area contributed by atoms with Crippen molar-refractivity contribution in [2.75, 3.05) is 46.8 Å². The topological polar surface area (TPSA) is 42.9 Å². The van der Waals surface area contributed by atoms with Crippen LogP contribution in [0.5, 0.6) is 0 Å². The van der Waals surface area contributed by atoms with Crippen LogP contribution in [-0.4, -0.2) is 74.7 Å². The number of likely N-dealkylation sites (tertiary alicyclic amines) is 1. The normalized spacial score (nSPS) is 18.2. The maximum Gasteiger partial charge on any atom is 0.191 e. The van der Waals surface area contributed by atoms with E-state index >= 15 is 0 Å². The Balaban J connectivity index is 2.19. The molecule has 0 atom stereocenters. The summed E-state index contributed by atoms with van der Waals surface area (Å²) in [6.45, 7) is 14.5. The van der Waals surface area contributed by atoms with E-state index < -0.39 is 0 Å². The molecule has 23 heavy (non-hydrogen) atoms. The van der Waals surface area contributed by atoms with Crippen LogP contribution in [-0.2, 0) is 0 Å². The van der Waals surface area contributed by atoms with Gasteiger partial charge in [-0.2, -0.15) is 0 Å². The third-order valence-electron chi connectivity index (χ3n) is 4.90. The van der Waals surface area contributed by atoms with Crippen LogP contribution in [0.1, 0.15) is 47.0 Å². The van der Waals surface area contributed by atoms with Crippen LogP contribution in [0.4, 0.5) is 0 Å². The Kier molecular flexibility index (Phi) is 9.56. The van der Waals surface area contributed by atoms with Crippen molar-refractivity contribution >= 4 is 5.96 Å². The largest absolute Gasteiger partial charge is 0.356 e. The van der Waals surface area contributed by atoms with Gasteiger partial charge < -0.3 is 15.5 Å². The fourth-order valence-corrected chi connectivity index (χ4v) is 3.38. The molecule has 0 spiro atoms. The molecule has 0 amide bonds. The van der Waals surface area contributed by atoms with Gasteiger partial charge in [0, 0.05) is 38.8 Å². The van der Waals surface area contributed by atoms with Gasteiger partial charge in [0.15, 0.2) is 5.96 Å². The minimum absolute atomic E-state index is 0.580. The Hall–Kier alpha value is -0.810. The fraction of sp³-hybridized carbons (Fsp3) is 0.944.